The minimum absolute atomic E-state index is 0.121. The first kappa shape index (κ1) is 20.7. The number of nitrogens with one attached hydrogen (secondary N) is 1. The molecule has 1 aromatic carbocycles. The predicted octanol–water partition coefficient (Wildman–Crippen LogP) is 4.97. The maximum atomic E-state index is 15.5. The van der Waals surface area contributed by atoms with E-state index in [0.717, 1.165) is 36.0 Å². The SMILES string of the molecule is CC(C)CC1c2[nH]c3ccc(Cl)cc3c2CCN1C(=O)C1(F)CN(CC(C)C)C1. The molecule has 0 radical (unpaired) electrons. The molecule has 2 aliphatic rings. The molecule has 1 saturated heterocycles. The number of carbonyl (C=O) groups excluding carboxylic acids is 1. The van der Waals surface area contributed by atoms with Gasteiger partial charge in [-0.05, 0) is 48.4 Å². The first-order chi connectivity index (χ1) is 13.7. The van der Waals surface area contributed by atoms with E-state index in [1.807, 2.05) is 23.1 Å². The summed E-state index contributed by atoms with van der Waals surface area (Å²) in [5.74, 6) is 0.523. The Labute approximate surface area is 177 Å². The van der Waals surface area contributed by atoms with Crippen molar-refractivity contribution in [1.29, 1.82) is 0 Å². The monoisotopic (exact) mass is 419 g/mol. The van der Waals surface area contributed by atoms with Crippen molar-refractivity contribution in [1.82, 2.24) is 14.8 Å². The number of nitrogens with zero attached hydrogens (tertiary/aromatic N) is 2. The second kappa shape index (κ2) is 7.59. The molecule has 0 bridgehead atoms. The summed E-state index contributed by atoms with van der Waals surface area (Å²) in [5, 5.41) is 1.83. The minimum atomic E-state index is -1.75. The third kappa shape index (κ3) is 3.79. The number of amides is 1. The van der Waals surface area contributed by atoms with Crippen molar-refractivity contribution < 1.29 is 9.18 Å². The standard InChI is InChI=1S/C23H31ClFN3O/c1-14(2)9-20-21-17(18-10-16(24)5-6-19(18)26-21)7-8-28(20)22(29)23(25)12-27(13-23)11-15(3)4/h5-6,10,14-15,20,26H,7-9,11-13H2,1-4H3. The predicted molar refractivity (Wildman–Crippen MR) is 116 cm³/mol. The van der Waals surface area contributed by atoms with Gasteiger partial charge in [0.2, 0.25) is 5.67 Å². The van der Waals surface area contributed by atoms with Crippen LogP contribution in [0.5, 0.6) is 0 Å². The molecule has 1 fully saturated rings. The summed E-state index contributed by atoms with van der Waals surface area (Å²) in [7, 11) is 0. The molecule has 3 heterocycles. The number of hydrogen-bond donors (Lipinski definition) is 1. The van der Waals surface area contributed by atoms with Gasteiger partial charge in [0.15, 0.2) is 0 Å². The van der Waals surface area contributed by atoms with E-state index in [9.17, 15) is 4.79 Å². The molecule has 29 heavy (non-hydrogen) atoms. The van der Waals surface area contributed by atoms with Crippen LogP contribution in [-0.2, 0) is 11.2 Å². The second-order valence-electron chi connectivity index (χ2n) is 9.63. The summed E-state index contributed by atoms with van der Waals surface area (Å²) in [6.45, 7) is 10.3. The Morgan fingerprint density at radius 2 is 2.00 bits per heavy atom. The van der Waals surface area contributed by atoms with Gasteiger partial charge in [-0.25, -0.2) is 4.39 Å². The lowest BCUT2D eigenvalue weighted by Crippen LogP contribution is -2.67. The van der Waals surface area contributed by atoms with Crippen molar-refractivity contribution >= 4 is 28.4 Å². The number of halogens is 2. The van der Waals surface area contributed by atoms with E-state index < -0.39 is 5.67 Å². The third-order valence-corrected chi connectivity index (χ3v) is 6.36. The highest BCUT2D eigenvalue weighted by Gasteiger charge is 2.53. The number of likely N-dealkylation sites (tertiary alicyclic amines) is 1. The van der Waals surface area contributed by atoms with Crippen molar-refractivity contribution in [3.05, 3.63) is 34.5 Å². The molecule has 1 unspecified atom stereocenters. The van der Waals surface area contributed by atoms with Gasteiger partial charge in [0, 0.05) is 47.8 Å². The fourth-order valence-corrected chi connectivity index (χ4v) is 5.15. The Morgan fingerprint density at radius 3 is 2.66 bits per heavy atom. The Morgan fingerprint density at radius 1 is 1.28 bits per heavy atom. The first-order valence-corrected chi connectivity index (χ1v) is 11.1. The van der Waals surface area contributed by atoms with E-state index in [0.29, 0.717) is 23.4 Å². The number of alkyl halides is 1. The van der Waals surface area contributed by atoms with E-state index in [1.165, 1.54) is 5.56 Å². The smallest absolute Gasteiger partial charge is 0.263 e. The molecule has 0 spiro atoms. The lowest BCUT2D eigenvalue weighted by Gasteiger charge is -2.48. The van der Waals surface area contributed by atoms with Crippen LogP contribution in [0.3, 0.4) is 0 Å². The van der Waals surface area contributed by atoms with Crippen LogP contribution in [0, 0.1) is 11.8 Å². The van der Waals surface area contributed by atoms with E-state index in [1.54, 1.807) is 4.90 Å². The summed E-state index contributed by atoms with van der Waals surface area (Å²) in [6.07, 6.45) is 1.53. The zero-order valence-electron chi connectivity index (χ0n) is 17.8. The van der Waals surface area contributed by atoms with Crippen molar-refractivity contribution in [2.75, 3.05) is 26.2 Å². The zero-order valence-corrected chi connectivity index (χ0v) is 18.5. The van der Waals surface area contributed by atoms with Crippen molar-refractivity contribution in [3.63, 3.8) is 0 Å². The summed E-state index contributed by atoms with van der Waals surface area (Å²) in [4.78, 5) is 20.7. The van der Waals surface area contributed by atoms with Crippen LogP contribution < -0.4 is 0 Å². The number of H-pyrrole nitrogens is 1. The topological polar surface area (TPSA) is 39.3 Å². The molecule has 1 aromatic heterocycles. The molecule has 0 aliphatic carbocycles. The number of hydrogen-bond acceptors (Lipinski definition) is 2. The average molecular weight is 420 g/mol. The molecule has 158 valence electrons. The number of fused-ring (bicyclic) bond motifs is 3. The summed E-state index contributed by atoms with van der Waals surface area (Å²) in [6, 6.07) is 5.73. The highest BCUT2D eigenvalue weighted by molar-refractivity contribution is 6.31. The quantitative estimate of drug-likeness (QED) is 0.742. The summed E-state index contributed by atoms with van der Waals surface area (Å²) < 4.78 is 15.5. The van der Waals surface area contributed by atoms with Crippen LogP contribution in [0.2, 0.25) is 5.02 Å². The number of carbonyl (C=O) groups is 1. The molecule has 6 heteroatoms. The molecule has 1 atom stereocenters. The Hall–Kier alpha value is -1.59. The van der Waals surface area contributed by atoms with Gasteiger partial charge in [-0.3, -0.25) is 9.69 Å². The molecule has 2 aliphatic heterocycles. The van der Waals surface area contributed by atoms with E-state index in [4.69, 9.17) is 11.6 Å². The van der Waals surface area contributed by atoms with Gasteiger partial charge in [0.1, 0.15) is 0 Å². The van der Waals surface area contributed by atoms with Crippen molar-refractivity contribution in [2.45, 2.75) is 52.2 Å². The van der Waals surface area contributed by atoms with Crippen LogP contribution in [0.4, 0.5) is 4.39 Å². The fourth-order valence-electron chi connectivity index (χ4n) is 4.97. The number of benzene rings is 1. The lowest BCUT2D eigenvalue weighted by atomic mass is 9.87. The minimum Gasteiger partial charge on any atom is -0.356 e. The summed E-state index contributed by atoms with van der Waals surface area (Å²) in [5.41, 5.74) is 1.55. The lowest BCUT2D eigenvalue weighted by molar-refractivity contribution is -0.160. The maximum absolute atomic E-state index is 15.5. The molecular weight excluding hydrogens is 389 g/mol. The maximum Gasteiger partial charge on any atom is 0.263 e. The number of aromatic amines is 1. The third-order valence-electron chi connectivity index (χ3n) is 6.12. The Bertz CT molecular complexity index is 916. The Balaban J connectivity index is 1.63. The highest BCUT2D eigenvalue weighted by Crippen LogP contribution is 2.41. The molecule has 0 saturated carbocycles. The average Bonchev–Trinajstić information content (AvgIpc) is 2.97. The normalized spacial score (nSPS) is 21.7. The largest absolute Gasteiger partial charge is 0.356 e. The van der Waals surface area contributed by atoms with Gasteiger partial charge < -0.3 is 9.88 Å². The molecular formula is C23H31ClFN3O. The zero-order chi connectivity index (χ0) is 20.9. The van der Waals surface area contributed by atoms with Crippen LogP contribution in [0.15, 0.2) is 18.2 Å². The van der Waals surface area contributed by atoms with E-state index >= 15 is 4.39 Å². The van der Waals surface area contributed by atoms with Gasteiger partial charge in [0.05, 0.1) is 6.04 Å². The van der Waals surface area contributed by atoms with Gasteiger partial charge in [0.25, 0.3) is 5.91 Å². The summed E-state index contributed by atoms with van der Waals surface area (Å²) >= 11 is 6.22. The molecule has 1 N–H and O–H groups in total. The first-order valence-electron chi connectivity index (χ1n) is 10.7. The molecule has 1 amide bonds. The number of rotatable bonds is 5. The molecule has 4 nitrogen and oxygen atoms in total. The molecule has 2 aromatic rings. The van der Waals surface area contributed by atoms with Gasteiger partial charge >= 0.3 is 0 Å². The Kier molecular flexibility index (Phi) is 5.41. The van der Waals surface area contributed by atoms with Crippen LogP contribution >= 0.6 is 11.6 Å². The molecule has 4 rings (SSSR count). The van der Waals surface area contributed by atoms with E-state index in [2.05, 4.69) is 32.7 Å². The second-order valence-corrected chi connectivity index (χ2v) is 10.1. The van der Waals surface area contributed by atoms with Crippen LogP contribution in [0.25, 0.3) is 10.9 Å². The van der Waals surface area contributed by atoms with Gasteiger partial charge in [-0.1, -0.05) is 39.3 Å². The van der Waals surface area contributed by atoms with Gasteiger partial charge in [-0.15, -0.1) is 0 Å². The highest BCUT2D eigenvalue weighted by atomic mass is 35.5. The van der Waals surface area contributed by atoms with Crippen molar-refractivity contribution in [2.24, 2.45) is 11.8 Å². The van der Waals surface area contributed by atoms with Gasteiger partial charge in [-0.2, -0.15) is 0 Å². The van der Waals surface area contributed by atoms with Crippen molar-refractivity contribution in [3.8, 4) is 0 Å². The fraction of sp³-hybridized carbons (Fsp3) is 0.609. The van der Waals surface area contributed by atoms with E-state index in [-0.39, 0.29) is 25.0 Å². The number of aromatic nitrogens is 1. The van der Waals surface area contributed by atoms with Crippen LogP contribution in [-0.4, -0.2) is 52.5 Å². The van der Waals surface area contributed by atoms with Crippen LogP contribution in [0.1, 0.15) is 51.4 Å².